The molecule has 2 N–H and O–H groups in total. The molecule has 6 heteroatoms. The van der Waals surface area contributed by atoms with Gasteiger partial charge in [0.1, 0.15) is 0 Å². The van der Waals surface area contributed by atoms with E-state index in [1.54, 1.807) is 0 Å². The molecule has 0 aliphatic carbocycles. The van der Waals surface area contributed by atoms with Gasteiger partial charge in [0, 0.05) is 12.8 Å². The van der Waals surface area contributed by atoms with Gasteiger partial charge in [-0.05, 0) is 52.9 Å². The van der Waals surface area contributed by atoms with Gasteiger partial charge in [0.15, 0.2) is 0 Å². The maximum absolute atomic E-state index is 12.2. The third kappa shape index (κ3) is 46.8. The molecular formula is C56H116N4O2. The minimum Gasteiger partial charge on any atom is -0.341 e. The minimum atomic E-state index is 0.179. The first kappa shape index (κ1) is 62.9. The van der Waals surface area contributed by atoms with E-state index in [0.717, 1.165) is 38.8 Å². The monoisotopic (exact) mass is 877 g/mol. The second kappa shape index (κ2) is 52.5. The summed E-state index contributed by atoms with van der Waals surface area (Å²) in [5.41, 5.74) is 0. The van der Waals surface area contributed by atoms with Crippen molar-refractivity contribution in [3.63, 3.8) is 0 Å². The summed E-state index contributed by atoms with van der Waals surface area (Å²) in [4.78, 5) is 28.6. The Morgan fingerprint density at radius 1 is 0.323 bits per heavy atom. The Bertz CT molecular complexity index is 878. The number of carbonyl (C=O) groups is 2. The van der Waals surface area contributed by atoms with Gasteiger partial charge in [-0.25, -0.2) is 0 Å². The number of hydrogen-bond donors (Lipinski definition) is 2. The standard InChI is InChI=1S/C29H60N2O.C27H56N2O/c1-5-9-10-11-12-13-14-15-16-17-18-19-20-21-22-23-24-25-26-27-29(32)30-28(6-2)31(7-3)8-4;1-5-7-8-9-10-11-12-13-14-15-16-17-18-19-20-21-22-23-24-25-27(30)28-26(6-2)29(3)4/h28H,5-27H2,1-4H3,(H,30,32);26H,5-25H2,1-4H3,(H,28,30). The Hall–Kier alpha value is -1.14. The lowest BCUT2D eigenvalue weighted by Gasteiger charge is -2.29. The molecule has 372 valence electrons. The average Bonchev–Trinajstić information content (AvgIpc) is 3.27. The number of nitrogens with zero attached hydrogens (tertiary/aromatic N) is 2. The second-order valence-corrected chi connectivity index (χ2v) is 19.4. The molecule has 0 saturated heterocycles. The third-order valence-electron chi connectivity index (χ3n) is 13.3. The van der Waals surface area contributed by atoms with E-state index >= 15 is 0 Å². The molecule has 2 unspecified atom stereocenters. The van der Waals surface area contributed by atoms with Gasteiger partial charge in [-0.1, -0.05) is 273 Å². The number of unbranched alkanes of at least 4 members (excludes halogenated alkanes) is 36. The van der Waals surface area contributed by atoms with Crippen LogP contribution >= 0.6 is 0 Å². The van der Waals surface area contributed by atoms with Crippen molar-refractivity contribution in [3.05, 3.63) is 0 Å². The lowest BCUT2D eigenvalue weighted by molar-refractivity contribution is -0.124. The fourth-order valence-electron chi connectivity index (χ4n) is 8.96. The van der Waals surface area contributed by atoms with Crippen LogP contribution in [0.2, 0.25) is 0 Å². The van der Waals surface area contributed by atoms with Crippen LogP contribution in [-0.4, -0.2) is 61.1 Å². The highest BCUT2D eigenvalue weighted by atomic mass is 16.2. The number of amides is 2. The van der Waals surface area contributed by atoms with Crippen LogP contribution in [0.3, 0.4) is 0 Å². The van der Waals surface area contributed by atoms with Crippen molar-refractivity contribution in [3.8, 4) is 0 Å². The van der Waals surface area contributed by atoms with Gasteiger partial charge >= 0.3 is 0 Å². The number of carbonyl (C=O) groups excluding carboxylic acids is 2. The van der Waals surface area contributed by atoms with Crippen molar-refractivity contribution in [1.82, 2.24) is 20.4 Å². The van der Waals surface area contributed by atoms with Gasteiger partial charge in [-0.15, -0.1) is 0 Å². The van der Waals surface area contributed by atoms with Crippen molar-refractivity contribution in [2.75, 3.05) is 27.2 Å². The molecule has 0 radical (unpaired) electrons. The Balaban J connectivity index is 0. The molecule has 0 fully saturated rings. The summed E-state index contributed by atoms with van der Waals surface area (Å²) in [7, 11) is 4.04. The fraction of sp³-hybridized carbons (Fsp3) is 0.964. The zero-order valence-corrected chi connectivity index (χ0v) is 44.0. The maximum Gasteiger partial charge on any atom is 0.221 e. The summed E-state index contributed by atoms with van der Waals surface area (Å²) in [5, 5.41) is 6.33. The Labute approximate surface area is 391 Å². The number of hydrogen-bond acceptors (Lipinski definition) is 4. The van der Waals surface area contributed by atoms with Crippen molar-refractivity contribution < 1.29 is 9.59 Å². The molecule has 0 aliphatic heterocycles. The van der Waals surface area contributed by atoms with Crippen LogP contribution in [-0.2, 0) is 9.59 Å². The molecule has 0 aromatic carbocycles. The van der Waals surface area contributed by atoms with Gasteiger partial charge in [0.2, 0.25) is 11.8 Å². The fourth-order valence-corrected chi connectivity index (χ4v) is 8.96. The van der Waals surface area contributed by atoms with Crippen LogP contribution in [0.15, 0.2) is 0 Å². The maximum atomic E-state index is 12.2. The Morgan fingerprint density at radius 3 is 0.726 bits per heavy atom. The number of rotatable bonds is 48. The molecule has 2 atom stereocenters. The third-order valence-corrected chi connectivity index (χ3v) is 13.3. The van der Waals surface area contributed by atoms with E-state index in [1.807, 2.05) is 14.1 Å². The first-order valence-corrected chi connectivity index (χ1v) is 28.3. The van der Waals surface area contributed by atoms with Crippen LogP contribution in [0.25, 0.3) is 0 Å². The van der Waals surface area contributed by atoms with E-state index in [-0.39, 0.29) is 24.1 Å². The van der Waals surface area contributed by atoms with Crippen LogP contribution in [0.5, 0.6) is 0 Å². The predicted molar refractivity (Wildman–Crippen MR) is 277 cm³/mol. The summed E-state index contributed by atoms with van der Waals surface area (Å²) in [6.07, 6.45) is 56.5. The Kier molecular flexibility index (Phi) is 53.3. The second-order valence-electron chi connectivity index (χ2n) is 19.4. The largest absolute Gasteiger partial charge is 0.341 e. The van der Waals surface area contributed by atoms with Crippen LogP contribution < -0.4 is 10.6 Å². The van der Waals surface area contributed by atoms with E-state index in [1.165, 1.54) is 231 Å². The van der Waals surface area contributed by atoms with Crippen LogP contribution in [0.1, 0.15) is 311 Å². The summed E-state index contributed by atoms with van der Waals surface area (Å²) >= 11 is 0. The summed E-state index contributed by atoms with van der Waals surface area (Å²) in [6, 6.07) is 0. The highest BCUT2D eigenvalue weighted by Crippen LogP contribution is 2.17. The molecule has 0 bridgehead atoms. The number of nitrogens with one attached hydrogen (secondary N) is 2. The van der Waals surface area contributed by atoms with Gasteiger partial charge in [-0.3, -0.25) is 19.4 Å². The van der Waals surface area contributed by atoms with Crippen LogP contribution in [0, 0.1) is 0 Å². The van der Waals surface area contributed by atoms with Crippen LogP contribution in [0.4, 0.5) is 0 Å². The highest BCUT2D eigenvalue weighted by Gasteiger charge is 2.15. The Morgan fingerprint density at radius 2 is 0.532 bits per heavy atom. The summed E-state index contributed by atoms with van der Waals surface area (Å²) in [6.45, 7) is 15.2. The van der Waals surface area contributed by atoms with E-state index < -0.39 is 0 Å². The van der Waals surface area contributed by atoms with Gasteiger partial charge in [0.25, 0.3) is 0 Å². The summed E-state index contributed by atoms with van der Waals surface area (Å²) < 4.78 is 0. The lowest BCUT2D eigenvalue weighted by atomic mass is 10.0. The first-order chi connectivity index (χ1) is 30.3. The normalized spacial score (nSPS) is 12.4. The molecule has 6 nitrogen and oxygen atoms in total. The minimum absolute atomic E-state index is 0.179. The molecule has 0 aliphatic rings. The van der Waals surface area contributed by atoms with Gasteiger partial charge < -0.3 is 10.6 Å². The predicted octanol–water partition coefficient (Wildman–Crippen LogP) is 17.2. The molecule has 0 heterocycles. The topological polar surface area (TPSA) is 64.7 Å². The van der Waals surface area contributed by atoms with Crippen molar-refractivity contribution >= 4 is 11.8 Å². The molecule has 0 aromatic heterocycles. The van der Waals surface area contributed by atoms with Gasteiger partial charge in [0.05, 0.1) is 12.3 Å². The highest BCUT2D eigenvalue weighted by molar-refractivity contribution is 5.76. The average molecular weight is 878 g/mol. The quantitative estimate of drug-likeness (QED) is 0.0472. The van der Waals surface area contributed by atoms with E-state index in [2.05, 4.69) is 62.0 Å². The molecule has 62 heavy (non-hydrogen) atoms. The molecule has 0 rings (SSSR count). The molecule has 2 amide bonds. The molecule has 0 saturated carbocycles. The summed E-state index contributed by atoms with van der Waals surface area (Å²) in [5.74, 6) is 0.443. The van der Waals surface area contributed by atoms with Gasteiger partial charge in [-0.2, -0.15) is 0 Å². The lowest BCUT2D eigenvalue weighted by Crippen LogP contribution is -2.47. The molecule has 0 aromatic rings. The molecule has 0 spiro atoms. The smallest absolute Gasteiger partial charge is 0.221 e. The van der Waals surface area contributed by atoms with E-state index in [0.29, 0.717) is 12.8 Å². The van der Waals surface area contributed by atoms with Crippen molar-refractivity contribution in [1.29, 1.82) is 0 Å². The van der Waals surface area contributed by atoms with E-state index in [9.17, 15) is 9.59 Å². The molecular weight excluding hydrogens is 761 g/mol. The zero-order valence-electron chi connectivity index (χ0n) is 44.0. The SMILES string of the molecule is CCCCCCCCCCCCCCCCCCCCCC(=O)NC(CC)N(C)C.CCCCCCCCCCCCCCCCCCCCCC(=O)NC(CC)N(CC)CC. The first-order valence-electron chi connectivity index (χ1n) is 28.3. The zero-order chi connectivity index (χ0) is 46.0. The van der Waals surface area contributed by atoms with E-state index in [4.69, 9.17) is 0 Å². The van der Waals surface area contributed by atoms with Crippen molar-refractivity contribution in [2.24, 2.45) is 0 Å². The van der Waals surface area contributed by atoms with Crippen molar-refractivity contribution in [2.45, 2.75) is 324 Å².